The van der Waals surface area contributed by atoms with Crippen LogP contribution in [0.15, 0.2) is 54.6 Å². The number of carbonyl (C=O) groups excluding carboxylic acids is 2. The summed E-state index contributed by atoms with van der Waals surface area (Å²) in [4.78, 5) is 33.3. The van der Waals surface area contributed by atoms with E-state index in [-0.39, 0.29) is 22.6 Å². The highest BCUT2D eigenvalue weighted by Crippen LogP contribution is 2.47. The Labute approximate surface area is 197 Å². The van der Waals surface area contributed by atoms with E-state index in [0.29, 0.717) is 27.3 Å². The van der Waals surface area contributed by atoms with Crippen LogP contribution in [0.2, 0.25) is 5.02 Å². The summed E-state index contributed by atoms with van der Waals surface area (Å²) in [5, 5.41) is 14.9. The van der Waals surface area contributed by atoms with Crippen LogP contribution in [0.5, 0.6) is 0 Å². The summed E-state index contributed by atoms with van der Waals surface area (Å²) >= 11 is 6.21. The van der Waals surface area contributed by atoms with Gasteiger partial charge < -0.3 is 14.8 Å². The minimum absolute atomic E-state index is 0.0413. The van der Waals surface area contributed by atoms with Crippen LogP contribution >= 0.6 is 11.6 Å². The van der Waals surface area contributed by atoms with Crippen molar-refractivity contribution in [1.82, 2.24) is 9.97 Å². The number of ether oxygens (including phenoxy) is 1. The minimum atomic E-state index is -2.18. The van der Waals surface area contributed by atoms with Gasteiger partial charge in [-0.2, -0.15) is 0 Å². The lowest BCUT2D eigenvalue weighted by atomic mass is 9.92. The molecule has 3 aromatic carbocycles. The molecule has 10 heteroatoms. The van der Waals surface area contributed by atoms with Gasteiger partial charge in [0.15, 0.2) is 0 Å². The standard InChI is InChI=1S/C24H18ClFN4O4/c1-12-6-8-14(25)11-19(12)30-21(31)15-4-3-5-16(26)20(15)24(30,33)13-7-9-17-18(10-13)28-22(27-17)29-23(32)34-2/h3-11,33H,1-2H3,(H2,27,28,29,32). The third-order valence-electron chi connectivity index (χ3n) is 5.82. The smallest absolute Gasteiger partial charge is 0.413 e. The zero-order valence-electron chi connectivity index (χ0n) is 18.0. The van der Waals surface area contributed by atoms with Crippen LogP contribution in [0.4, 0.5) is 20.8 Å². The van der Waals surface area contributed by atoms with Gasteiger partial charge in [-0.15, -0.1) is 0 Å². The number of imidazole rings is 1. The zero-order chi connectivity index (χ0) is 24.2. The molecule has 1 aliphatic heterocycles. The first kappa shape index (κ1) is 21.9. The number of aromatic amines is 1. The normalized spacial score (nSPS) is 17.2. The molecule has 1 unspecified atom stereocenters. The summed E-state index contributed by atoms with van der Waals surface area (Å²) in [6, 6.07) is 13.7. The first-order valence-electron chi connectivity index (χ1n) is 10.2. The van der Waals surface area contributed by atoms with Crippen molar-refractivity contribution in [3.63, 3.8) is 0 Å². The van der Waals surface area contributed by atoms with Crippen LogP contribution < -0.4 is 10.2 Å². The molecule has 1 aromatic heterocycles. The summed E-state index contributed by atoms with van der Waals surface area (Å²) in [7, 11) is 1.22. The summed E-state index contributed by atoms with van der Waals surface area (Å²) in [6.45, 7) is 1.77. The van der Waals surface area contributed by atoms with Gasteiger partial charge in [-0.3, -0.25) is 15.0 Å². The molecular weight excluding hydrogens is 463 g/mol. The molecule has 8 nitrogen and oxygen atoms in total. The molecule has 3 N–H and O–H groups in total. The fourth-order valence-corrected chi connectivity index (χ4v) is 4.42. The van der Waals surface area contributed by atoms with E-state index >= 15 is 4.39 Å². The second kappa shape index (κ2) is 7.82. The number of aryl methyl sites for hydroxylation is 1. The van der Waals surface area contributed by atoms with E-state index in [2.05, 4.69) is 20.0 Å². The number of nitrogens with zero attached hydrogens (tertiary/aromatic N) is 2. The number of halogens is 2. The Morgan fingerprint density at radius 2 is 2.03 bits per heavy atom. The zero-order valence-corrected chi connectivity index (χ0v) is 18.8. The number of amides is 2. The van der Waals surface area contributed by atoms with Crippen LogP contribution in [0.1, 0.15) is 27.0 Å². The number of methoxy groups -OCH3 is 1. The Balaban J connectivity index is 1.74. The second-order valence-electron chi connectivity index (χ2n) is 7.84. The van der Waals surface area contributed by atoms with Crippen LogP contribution in [-0.4, -0.2) is 34.2 Å². The predicted octanol–water partition coefficient (Wildman–Crippen LogP) is 4.70. The molecule has 34 heavy (non-hydrogen) atoms. The van der Waals surface area contributed by atoms with Gasteiger partial charge in [-0.25, -0.2) is 14.2 Å². The summed E-state index contributed by atoms with van der Waals surface area (Å²) < 4.78 is 19.7. The molecule has 0 radical (unpaired) electrons. The van der Waals surface area contributed by atoms with E-state index in [4.69, 9.17) is 11.6 Å². The maximum atomic E-state index is 15.2. The van der Waals surface area contributed by atoms with Gasteiger partial charge in [0.05, 0.1) is 35.0 Å². The Bertz CT molecular complexity index is 1490. The van der Waals surface area contributed by atoms with Crippen LogP contribution in [0.3, 0.4) is 0 Å². The van der Waals surface area contributed by atoms with Gasteiger partial charge in [-0.1, -0.05) is 29.8 Å². The van der Waals surface area contributed by atoms with Crippen LogP contribution in [-0.2, 0) is 10.5 Å². The van der Waals surface area contributed by atoms with Gasteiger partial charge in [0.1, 0.15) is 5.82 Å². The topological polar surface area (TPSA) is 108 Å². The molecule has 2 amide bonds. The number of aromatic nitrogens is 2. The third kappa shape index (κ3) is 3.20. The quantitative estimate of drug-likeness (QED) is 0.394. The molecule has 0 fully saturated rings. The lowest BCUT2D eigenvalue weighted by Crippen LogP contribution is -2.45. The van der Waals surface area contributed by atoms with Gasteiger partial charge in [0, 0.05) is 10.6 Å². The lowest BCUT2D eigenvalue weighted by Gasteiger charge is -2.35. The number of rotatable bonds is 3. The van der Waals surface area contributed by atoms with Crippen molar-refractivity contribution in [2.75, 3.05) is 17.3 Å². The molecule has 0 bridgehead atoms. The average molecular weight is 481 g/mol. The number of hydrogen-bond donors (Lipinski definition) is 3. The molecule has 172 valence electrons. The summed E-state index contributed by atoms with van der Waals surface area (Å²) in [5.74, 6) is -1.17. The van der Waals surface area contributed by atoms with Crippen molar-refractivity contribution in [3.8, 4) is 0 Å². The van der Waals surface area contributed by atoms with Crippen molar-refractivity contribution in [2.24, 2.45) is 0 Å². The maximum Gasteiger partial charge on any atom is 0.413 e. The van der Waals surface area contributed by atoms with E-state index in [9.17, 15) is 14.7 Å². The molecule has 0 saturated carbocycles. The van der Waals surface area contributed by atoms with Gasteiger partial charge in [0.2, 0.25) is 11.7 Å². The number of hydrogen-bond acceptors (Lipinski definition) is 5. The molecule has 4 aromatic rings. The Morgan fingerprint density at radius 3 is 2.79 bits per heavy atom. The van der Waals surface area contributed by atoms with Crippen LogP contribution in [0.25, 0.3) is 11.0 Å². The van der Waals surface area contributed by atoms with Crippen molar-refractivity contribution in [3.05, 3.63) is 87.7 Å². The molecular formula is C24H18ClFN4O4. The third-order valence-corrected chi connectivity index (χ3v) is 6.06. The molecule has 1 aliphatic rings. The number of nitrogens with one attached hydrogen (secondary N) is 2. The number of fused-ring (bicyclic) bond motifs is 2. The van der Waals surface area contributed by atoms with E-state index in [1.165, 1.54) is 25.3 Å². The molecule has 0 spiro atoms. The van der Waals surface area contributed by atoms with Crippen molar-refractivity contribution < 1.29 is 23.8 Å². The van der Waals surface area contributed by atoms with E-state index in [1.54, 1.807) is 43.3 Å². The van der Waals surface area contributed by atoms with Crippen molar-refractivity contribution in [1.29, 1.82) is 0 Å². The van der Waals surface area contributed by atoms with E-state index < -0.39 is 23.5 Å². The monoisotopic (exact) mass is 480 g/mol. The molecule has 0 saturated heterocycles. The highest BCUT2D eigenvalue weighted by Gasteiger charge is 2.53. The summed E-state index contributed by atoms with van der Waals surface area (Å²) in [6.07, 6.45) is -0.710. The SMILES string of the molecule is COC(=O)Nc1nc2ccc(C3(O)c4c(F)cccc4C(=O)N3c3cc(Cl)ccc3C)cc2[nH]1. The lowest BCUT2D eigenvalue weighted by molar-refractivity contribution is 0.0685. The highest BCUT2D eigenvalue weighted by atomic mass is 35.5. The number of anilines is 2. The predicted molar refractivity (Wildman–Crippen MR) is 125 cm³/mol. The largest absolute Gasteiger partial charge is 0.453 e. The van der Waals surface area contributed by atoms with Crippen molar-refractivity contribution in [2.45, 2.75) is 12.6 Å². The minimum Gasteiger partial charge on any atom is -0.453 e. The van der Waals surface area contributed by atoms with Gasteiger partial charge in [0.25, 0.3) is 5.91 Å². The van der Waals surface area contributed by atoms with E-state index in [0.717, 1.165) is 4.90 Å². The van der Waals surface area contributed by atoms with Gasteiger partial charge in [-0.05, 0) is 48.9 Å². The molecule has 0 aliphatic carbocycles. The second-order valence-corrected chi connectivity index (χ2v) is 8.28. The van der Waals surface area contributed by atoms with Gasteiger partial charge >= 0.3 is 6.09 Å². The fraction of sp³-hybridized carbons (Fsp3) is 0.125. The first-order valence-corrected chi connectivity index (χ1v) is 10.6. The molecule has 1 atom stereocenters. The Morgan fingerprint density at radius 1 is 1.24 bits per heavy atom. The number of benzene rings is 3. The molecule has 5 rings (SSSR count). The first-order chi connectivity index (χ1) is 16.2. The average Bonchev–Trinajstić information content (AvgIpc) is 3.31. The molecule has 2 heterocycles. The Hall–Kier alpha value is -3.95. The van der Waals surface area contributed by atoms with E-state index in [1.807, 2.05) is 0 Å². The van der Waals surface area contributed by atoms with Crippen LogP contribution in [0, 0.1) is 12.7 Å². The number of H-pyrrole nitrogens is 1. The highest BCUT2D eigenvalue weighted by molar-refractivity contribution is 6.31. The number of carbonyl (C=O) groups is 2. The summed E-state index contributed by atoms with van der Waals surface area (Å²) in [5.41, 5.74) is -0.164. The fourth-order valence-electron chi connectivity index (χ4n) is 4.25. The van der Waals surface area contributed by atoms with Crippen molar-refractivity contribution >= 4 is 46.3 Å². The number of aliphatic hydroxyl groups is 1. The Kier molecular flexibility index (Phi) is 5.03. The maximum absolute atomic E-state index is 15.2.